The molecule has 2 rings (SSSR count). The monoisotopic (exact) mass is 350 g/mol. The van der Waals surface area contributed by atoms with Gasteiger partial charge in [0.05, 0.1) is 12.1 Å². The summed E-state index contributed by atoms with van der Waals surface area (Å²) in [6, 6.07) is 11.5. The van der Waals surface area contributed by atoms with Crippen molar-refractivity contribution < 1.29 is 14.3 Å². The largest absolute Gasteiger partial charge is 0.493 e. The second kappa shape index (κ2) is 8.04. The van der Waals surface area contributed by atoms with Crippen molar-refractivity contribution in [3.8, 4) is 11.5 Å². The number of hydrogen-bond donors (Lipinski definition) is 0. The third-order valence-corrected chi connectivity index (χ3v) is 3.57. The van der Waals surface area contributed by atoms with Crippen LogP contribution < -0.4 is 9.47 Å². The fraction of sp³-hybridized carbons (Fsp3) is 0.167. The highest BCUT2D eigenvalue weighted by atomic mass is 35.5. The van der Waals surface area contributed by atoms with E-state index >= 15 is 0 Å². The lowest BCUT2D eigenvalue weighted by atomic mass is 10.1. The summed E-state index contributed by atoms with van der Waals surface area (Å²) in [5, 5.41) is -0.155. The number of rotatable bonds is 6. The molecule has 0 saturated heterocycles. The Morgan fingerprint density at radius 1 is 1.22 bits per heavy atom. The second-order valence-electron chi connectivity index (χ2n) is 4.95. The number of halogens is 2. The highest BCUT2D eigenvalue weighted by Crippen LogP contribution is 2.37. The third-order valence-electron chi connectivity index (χ3n) is 3.16. The van der Waals surface area contributed by atoms with E-state index in [4.69, 9.17) is 32.7 Å². The molecule has 0 unspecified atom stereocenters. The van der Waals surface area contributed by atoms with Crippen molar-refractivity contribution in [2.24, 2.45) is 0 Å². The maximum Gasteiger partial charge on any atom is 0.245 e. The number of methoxy groups -OCH3 is 1. The Morgan fingerprint density at radius 3 is 2.52 bits per heavy atom. The van der Waals surface area contributed by atoms with Crippen LogP contribution in [0.25, 0.3) is 6.08 Å². The van der Waals surface area contributed by atoms with Gasteiger partial charge in [0.2, 0.25) is 5.24 Å². The van der Waals surface area contributed by atoms with E-state index in [0.29, 0.717) is 28.7 Å². The van der Waals surface area contributed by atoms with Gasteiger partial charge in [-0.3, -0.25) is 4.79 Å². The Balaban J connectivity index is 2.20. The summed E-state index contributed by atoms with van der Waals surface area (Å²) < 4.78 is 11.1. The molecule has 0 N–H and O–H groups in total. The fourth-order valence-corrected chi connectivity index (χ4v) is 2.31. The van der Waals surface area contributed by atoms with Crippen LogP contribution in [0.4, 0.5) is 0 Å². The molecule has 0 aliphatic rings. The van der Waals surface area contributed by atoms with Gasteiger partial charge in [-0.25, -0.2) is 0 Å². The van der Waals surface area contributed by atoms with E-state index in [9.17, 15) is 4.79 Å². The molecule has 0 saturated carbocycles. The SMILES string of the molecule is COc1cc(/C=C/C(=O)Cl)cc(Cl)c1OCc1ccc(C)cc1. The zero-order chi connectivity index (χ0) is 16.8. The number of carbonyl (C=O) groups is 1. The van der Waals surface area contributed by atoms with Crippen molar-refractivity contribution in [1.29, 1.82) is 0 Å². The maximum atomic E-state index is 10.8. The zero-order valence-electron chi connectivity index (χ0n) is 12.8. The van der Waals surface area contributed by atoms with Crippen LogP contribution in [0.5, 0.6) is 11.5 Å². The number of benzene rings is 2. The molecule has 0 aliphatic heterocycles. The van der Waals surface area contributed by atoms with E-state index < -0.39 is 5.24 Å². The van der Waals surface area contributed by atoms with Gasteiger partial charge in [-0.15, -0.1) is 0 Å². The quantitative estimate of drug-likeness (QED) is 0.542. The van der Waals surface area contributed by atoms with Gasteiger partial charge in [-0.05, 0) is 53.9 Å². The minimum Gasteiger partial charge on any atom is -0.493 e. The number of ether oxygens (including phenoxy) is 2. The van der Waals surface area contributed by atoms with E-state index in [2.05, 4.69) is 0 Å². The average Bonchev–Trinajstić information content (AvgIpc) is 2.53. The van der Waals surface area contributed by atoms with Gasteiger partial charge < -0.3 is 9.47 Å². The molecule has 0 fully saturated rings. The Morgan fingerprint density at radius 2 is 1.91 bits per heavy atom. The molecule has 0 bridgehead atoms. The average molecular weight is 351 g/mol. The highest BCUT2D eigenvalue weighted by molar-refractivity contribution is 6.66. The molecule has 2 aromatic carbocycles. The van der Waals surface area contributed by atoms with Crippen molar-refractivity contribution >= 4 is 34.5 Å². The van der Waals surface area contributed by atoms with E-state index in [0.717, 1.165) is 5.56 Å². The summed E-state index contributed by atoms with van der Waals surface area (Å²) in [4.78, 5) is 10.8. The zero-order valence-corrected chi connectivity index (χ0v) is 14.3. The fourth-order valence-electron chi connectivity index (χ4n) is 1.98. The normalized spacial score (nSPS) is 10.8. The molecular formula is C18H16Cl2O3. The maximum absolute atomic E-state index is 10.8. The van der Waals surface area contributed by atoms with Crippen LogP contribution >= 0.6 is 23.2 Å². The number of carbonyl (C=O) groups excluding carboxylic acids is 1. The van der Waals surface area contributed by atoms with Crippen LogP contribution in [0.1, 0.15) is 16.7 Å². The molecule has 5 heteroatoms. The predicted molar refractivity (Wildman–Crippen MR) is 93.4 cm³/mol. The lowest BCUT2D eigenvalue weighted by Gasteiger charge is -2.13. The molecule has 0 heterocycles. The van der Waals surface area contributed by atoms with Crippen molar-refractivity contribution in [3.05, 3.63) is 64.2 Å². The van der Waals surface area contributed by atoms with E-state index in [1.807, 2.05) is 31.2 Å². The summed E-state index contributed by atoms with van der Waals surface area (Å²) in [5.74, 6) is 0.954. The topological polar surface area (TPSA) is 35.5 Å². The van der Waals surface area contributed by atoms with Gasteiger partial charge >= 0.3 is 0 Å². The number of allylic oxidation sites excluding steroid dienone is 1. The first-order chi connectivity index (χ1) is 11.0. The third kappa shape index (κ3) is 5.02. The molecule has 23 heavy (non-hydrogen) atoms. The first kappa shape index (κ1) is 17.4. The molecule has 0 radical (unpaired) electrons. The van der Waals surface area contributed by atoms with Gasteiger partial charge in [0.15, 0.2) is 11.5 Å². The molecule has 120 valence electrons. The highest BCUT2D eigenvalue weighted by Gasteiger charge is 2.11. The smallest absolute Gasteiger partial charge is 0.245 e. The summed E-state index contributed by atoms with van der Waals surface area (Å²) in [6.45, 7) is 2.41. The summed E-state index contributed by atoms with van der Waals surface area (Å²) in [7, 11) is 1.53. The first-order valence-corrected chi connectivity index (χ1v) is 7.68. The Hall–Kier alpha value is -1.97. The lowest BCUT2D eigenvalue weighted by Crippen LogP contribution is -1.99. The van der Waals surface area contributed by atoms with Crippen LogP contribution in [0.2, 0.25) is 5.02 Å². The summed E-state index contributed by atoms with van der Waals surface area (Å²) in [5.41, 5.74) is 2.92. The van der Waals surface area contributed by atoms with Crippen LogP contribution in [0.3, 0.4) is 0 Å². The minimum absolute atomic E-state index is 0.381. The Labute approximate surface area is 145 Å². The van der Waals surface area contributed by atoms with E-state index in [1.165, 1.54) is 18.7 Å². The van der Waals surface area contributed by atoms with Crippen LogP contribution in [0, 0.1) is 6.92 Å². The molecule has 2 aromatic rings. The van der Waals surface area contributed by atoms with Crippen molar-refractivity contribution in [2.75, 3.05) is 7.11 Å². The lowest BCUT2D eigenvalue weighted by molar-refractivity contribution is -0.107. The second-order valence-corrected chi connectivity index (χ2v) is 5.73. The van der Waals surface area contributed by atoms with Gasteiger partial charge in [0, 0.05) is 0 Å². The number of hydrogen-bond acceptors (Lipinski definition) is 3. The predicted octanol–water partition coefficient (Wildman–Crippen LogP) is 5.01. The summed E-state index contributed by atoms with van der Waals surface area (Å²) in [6.07, 6.45) is 2.81. The number of aryl methyl sites for hydroxylation is 1. The van der Waals surface area contributed by atoms with Gasteiger partial charge in [-0.1, -0.05) is 41.4 Å². The Kier molecular flexibility index (Phi) is 6.08. The molecule has 0 amide bonds. The van der Waals surface area contributed by atoms with E-state index in [1.54, 1.807) is 18.2 Å². The molecular weight excluding hydrogens is 335 g/mol. The van der Waals surface area contributed by atoms with E-state index in [-0.39, 0.29) is 0 Å². The van der Waals surface area contributed by atoms with Gasteiger partial charge in [0.25, 0.3) is 0 Å². The van der Waals surface area contributed by atoms with Crippen LogP contribution in [-0.2, 0) is 11.4 Å². The Bertz CT molecular complexity index is 722. The van der Waals surface area contributed by atoms with Crippen LogP contribution in [-0.4, -0.2) is 12.4 Å². The first-order valence-electron chi connectivity index (χ1n) is 6.93. The summed E-state index contributed by atoms with van der Waals surface area (Å²) >= 11 is 11.5. The van der Waals surface area contributed by atoms with Crippen molar-refractivity contribution in [2.45, 2.75) is 13.5 Å². The van der Waals surface area contributed by atoms with Crippen LogP contribution in [0.15, 0.2) is 42.5 Å². The minimum atomic E-state index is -0.556. The van der Waals surface area contributed by atoms with Gasteiger partial charge in [0.1, 0.15) is 6.61 Å². The molecule has 0 spiro atoms. The van der Waals surface area contributed by atoms with Crippen molar-refractivity contribution in [3.63, 3.8) is 0 Å². The van der Waals surface area contributed by atoms with Crippen molar-refractivity contribution in [1.82, 2.24) is 0 Å². The van der Waals surface area contributed by atoms with Gasteiger partial charge in [-0.2, -0.15) is 0 Å². The molecule has 3 nitrogen and oxygen atoms in total. The molecule has 0 aromatic heterocycles. The molecule has 0 atom stereocenters. The molecule has 0 aliphatic carbocycles. The standard InChI is InChI=1S/C18H16Cl2O3/c1-12-3-5-13(6-4-12)11-23-18-15(19)9-14(7-8-17(20)21)10-16(18)22-2/h3-10H,11H2,1-2H3/b8-7+.